The van der Waals surface area contributed by atoms with E-state index in [2.05, 4.69) is 39.0 Å². The molecule has 2 aromatic rings. The lowest BCUT2D eigenvalue weighted by molar-refractivity contribution is 0.846. The summed E-state index contributed by atoms with van der Waals surface area (Å²) in [6.45, 7) is 7.92. The largest absolute Gasteiger partial charge is 0.357 e. The molecule has 0 amide bonds. The molecule has 5 nitrogen and oxygen atoms in total. The van der Waals surface area contributed by atoms with Crippen LogP contribution >= 0.6 is 11.6 Å². The van der Waals surface area contributed by atoms with Gasteiger partial charge < -0.3 is 10.2 Å². The zero-order valence-electron chi connectivity index (χ0n) is 11.9. The highest BCUT2D eigenvalue weighted by Gasteiger charge is 2.04. The number of halogens is 1. The Hall–Kier alpha value is -1.88. The number of pyridine rings is 1. The molecule has 0 saturated heterocycles. The fourth-order valence-electron chi connectivity index (χ4n) is 1.94. The lowest BCUT2D eigenvalue weighted by Gasteiger charge is -2.19. The second kappa shape index (κ2) is 6.52. The highest BCUT2D eigenvalue weighted by Crippen LogP contribution is 2.19. The number of aryl methyl sites for hydroxylation is 1. The van der Waals surface area contributed by atoms with Crippen LogP contribution < -0.4 is 10.2 Å². The molecular weight excluding hydrogens is 274 g/mol. The quantitative estimate of drug-likeness (QED) is 0.856. The number of aromatic nitrogens is 3. The van der Waals surface area contributed by atoms with Crippen molar-refractivity contribution in [2.45, 2.75) is 20.8 Å². The molecule has 0 unspecified atom stereocenters. The summed E-state index contributed by atoms with van der Waals surface area (Å²) < 4.78 is 0. The lowest BCUT2D eigenvalue weighted by atomic mass is 10.3. The fourth-order valence-corrected chi connectivity index (χ4v) is 2.16. The third-order valence-corrected chi connectivity index (χ3v) is 3.11. The van der Waals surface area contributed by atoms with Gasteiger partial charge in [-0.2, -0.15) is 0 Å². The van der Waals surface area contributed by atoms with E-state index < -0.39 is 0 Å². The summed E-state index contributed by atoms with van der Waals surface area (Å²) in [5.74, 6) is 2.27. The molecule has 20 heavy (non-hydrogen) atoms. The summed E-state index contributed by atoms with van der Waals surface area (Å²) in [5.41, 5.74) is 0.870. The number of nitrogens with one attached hydrogen (secondary N) is 1. The minimum absolute atomic E-state index is 0.424. The van der Waals surface area contributed by atoms with Gasteiger partial charge in [0.05, 0.1) is 11.9 Å². The predicted octanol–water partition coefficient (Wildman–Crippen LogP) is 3.42. The maximum atomic E-state index is 5.91. The van der Waals surface area contributed by atoms with Crippen LogP contribution in [0.5, 0.6) is 0 Å². The van der Waals surface area contributed by atoms with Crippen LogP contribution in [0.25, 0.3) is 0 Å². The molecule has 2 heterocycles. The van der Waals surface area contributed by atoms with Gasteiger partial charge in [0.2, 0.25) is 0 Å². The Morgan fingerprint density at radius 1 is 1.20 bits per heavy atom. The first kappa shape index (κ1) is 14.5. The first-order valence-electron chi connectivity index (χ1n) is 6.61. The van der Waals surface area contributed by atoms with Gasteiger partial charge in [0.15, 0.2) is 0 Å². The van der Waals surface area contributed by atoms with Crippen LogP contribution in [0.4, 0.5) is 17.3 Å². The molecule has 2 rings (SSSR count). The van der Waals surface area contributed by atoms with Gasteiger partial charge >= 0.3 is 0 Å². The summed E-state index contributed by atoms with van der Waals surface area (Å²) in [6, 6.07) is 5.66. The van der Waals surface area contributed by atoms with Crippen LogP contribution in [0, 0.1) is 6.92 Å². The second-order valence-corrected chi connectivity index (χ2v) is 4.71. The standard InChI is InChI=1S/C14H18ClN5/c1-4-20(5-2)14-7-6-11(9-16-14)19-13-8-12(15)17-10(3)18-13/h6-9H,4-5H2,1-3H3,(H,17,18,19). The molecule has 0 atom stereocenters. The molecule has 6 heteroatoms. The van der Waals surface area contributed by atoms with E-state index in [9.17, 15) is 0 Å². The zero-order valence-corrected chi connectivity index (χ0v) is 12.6. The van der Waals surface area contributed by atoms with Gasteiger partial charge in [0, 0.05) is 19.2 Å². The molecule has 0 aliphatic carbocycles. The van der Waals surface area contributed by atoms with Crippen molar-refractivity contribution in [3.05, 3.63) is 35.4 Å². The number of rotatable bonds is 5. The van der Waals surface area contributed by atoms with Crippen LogP contribution in [0.1, 0.15) is 19.7 Å². The predicted molar refractivity (Wildman–Crippen MR) is 82.9 cm³/mol. The Morgan fingerprint density at radius 3 is 2.50 bits per heavy atom. The average molecular weight is 292 g/mol. The van der Waals surface area contributed by atoms with Crippen LogP contribution in [-0.4, -0.2) is 28.0 Å². The Kier molecular flexibility index (Phi) is 4.74. The highest BCUT2D eigenvalue weighted by molar-refractivity contribution is 6.29. The third kappa shape index (κ3) is 3.57. The molecule has 106 valence electrons. The van der Waals surface area contributed by atoms with Crippen molar-refractivity contribution in [3.8, 4) is 0 Å². The van der Waals surface area contributed by atoms with E-state index >= 15 is 0 Å². The van der Waals surface area contributed by atoms with Gasteiger partial charge in [-0.25, -0.2) is 15.0 Å². The van der Waals surface area contributed by atoms with Crippen LogP contribution in [0.15, 0.2) is 24.4 Å². The summed E-state index contributed by atoms with van der Waals surface area (Å²) in [4.78, 5) is 14.9. The zero-order chi connectivity index (χ0) is 14.5. The fraction of sp³-hybridized carbons (Fsp3) is 0.357. The second-order valence-electron chi connectivity index (χ2n) is 4.33. The van der Waals surface area contributed by atoms with Gasteiger partial charge in [0.25, 0.3) is 0 Å². The van der Waals surface area contributed by atoms with Crippen LogP contribution in [-0.2, 0) is 0 Å². The van der Waals surface area contributed by atoms with Gasteiger partial charge in [-0.3, -0.25) is 0 Å². The lowest BCUT2D eigenvalue weighted by Crippen LogP contribution is -2.22. The van der Waals surface area contributed by atoms with Crippen molar-refractivity contribution in [1.29, 1.82) is 0 Å². The first-order chi connectivity index (χ1) is 9.62. The SMILES string of the molecule is CCN(CC)c1ccc(Nc2cc(Cl)nc(C)n2)cn1. The smallest absolute Gasteiger partial charge is 0.135 e. The van der Waals surface area contributed by atoms with Crippen molar-refractivity contribution >= 4 is 28.9 Å². The molecular formula is C14H18ClN5. The van der Waals surface area contributed by atoms with E-state index in [4.69, 9.17) is 11.6 Å². The summed E-state index contributed by atoms with van der Waals surface area (Å²) in [5, 5.41) is 3.59. The molecule has 0 aromatic carbocycles. The van der Waals surface area contributed by atoms with Crippen molar-refractivity contribution < 1.29 is 0 Å². The molecule has 0 bridgehead atoms. The van der Waals surface area contributed by atoms with Gasteiger partial charge in [0.1, 0.15) is 22.6 Å². The first-order valence-corrected chi connectivity index (χ1v) is 6.99. The monoisotopic (exact) mass is 291 g/mol. The van der Waals surface area contributed by atoms with E-state index in [1.165, 1.54) is 0 Å². The van der Waals surface area contributed by atoms with Gasteiger partial charge in [-0.15, -0.1) is 0 Å². The number of hydrogen-bond donors (Lipinski definition) is 1. The maximum Gasteiger partial charge on any atom is 0.135 e. The minimum Gasteiger partial charge on any atom is -0.357 e. The topological polar surface area (TPSA) is 53.9 Å². The normalized spacial score (nSPS) is 10.4. The van der Waals surface area contributed by atoms with Crippen molar-refractivity contribution in [1.82, 2.24) is 15.0 Å². The molecule has 2 aromatic heterocycles. The van der Waals surface area contributed by atoms with Gasteiger partial charge in [-0.1, -0.05) is 11.6 Å². The third-order valence-electron chi connectivity index (χ3n) is 2.91. The molecule has 0 radical (unpaired) electrons. The Labute approximate surface area is 124 Å². The molecule has 0 aliphatic heterocycles. The molecule has 0 fully saturated rings. The van der Waals surface area contributed by atoms with Crippen LogP contribution in [0.2, 0.25) is 5.15 Å². The summed E-state index contributed by atoms with van der Waals surface area (Å²) in [6.07, 6.45) is 1.79. The van der Waals surface area contributed by atoms with E-state index in [1.807, 2.05) is 12.1 Å². The van der Waals surface area contributed by atoms with Crippen molar-refractivity contribution in [3.63, 3.8) is 0 Å². The van der Waals surface area contributed by atoms with Crippen molar-refractivity contribution in [2.24, 2.45) is 0 Å². The highest BCUT2D eigenvalue weighted by atomic mass is 35.5. The minimum atomic E-state index is 0.424. The Bertz CT molecular complexity index is 546. The number of hydrogen-bond acceptors (Lipinski definition) is 5. The molecule has 0 spiro atoms. The Balaban J connectivity index is 2.14. The molecule has 0 saturated carbocycles. The summed E-state index contributed by atoms with van der Waals surface area (Å²) in [7, 11) is 0. The maximum absolute atomic E-state index is 5.91. The number of anilines is 3. The average Bonchev–Trinajstić information content (AvgIpc) is 2.41. The van der Waals surface area contributed by atoms with E-state index in [1.54, 1.807) is 19.2 Å². The molecule has 1 N–H and O–H groups in total. The van der Waals surface area contributed by atoms with E-state index in [0.717, 1.165) is 24.6 Å². The number of nitrogens with zero attached hydrogens (tertiary/aromatic N) is 4. The molecule has 0 aliphatic rings. The summed E-state index contributed by atoms with van der Waals surface area (Å²) >= 11 is 5.91. The Morgan fingerprint density at radius 2 is 1.95 bits per heavy atom. The van der Waals surface area contributed by atoms with E-state index in [0.29, 0.717) is 16.8 Å². The van der Waals surface area contributed by atoms with Crippen LogP contribution in [0.3, 0.4) is 0 Å². The van der Waals surface area contributed by atoms with E-state index in [-0.39, 0.29) is 0 Å². The van der Waals surface area contributed by atoms with Crippen molar-refractivity contribution in [2.75, 3.05) is 23.3 Å². The van der Waals surface area contributed by atoms with Gasteiger partial charge in [-0.05, 0) is 32.9 Å².